The first kappa shape index (κ1) is 20.2. The minimum absolute atomic E-state index is 0.0262. The second kappa shape index (κ2) is 8.22. The Kier molecular flexibility index (Phi) is 5.72. The van der Waals surface area contributed by atoms with Crippen LogP contribution in [0, 0.1) is 12.7 Å². The molecule has 0 aliphatic carbocycles. The van der Waals surface area contributed by atoms with E-state index in [1.807, 2.05) is 6.92 Å². The van der Waals surface area contributed by atoms with E-state index >= 15 is 0 Å². The minimum Gasteiger partial charge on any atom is -0.452 e. The number of nitrogens with one attached hydrogen (secondary N) is 1. The number of hydrogen-bond donors (Lipinski definition) is 1. The van der Waals surface area contributed by atoms with Crippen molar-refractivity contribution < 1.29 is 28.3 Å². The van der Waals surface area contributed by atoms with Gasteiger partial charge in [0.1, 0.15) is 5.82 Å². The number of halogens is 1. The predicted octanol–water partition coefficient (Wildman–Crippen LogP) is 2.69. The second-order valence-corrected chi connectivity index (χ2v) is 6.66. The lowest BCUT2D eigenvalue weighted by atomic mass is 10.1. The van der Waals surface area contributed by atoms with E-state index in [-0.39, 0.29) is 18.7 Å². The van der Waals surface area contributed by atoms with Gasteiger partial charge in [-0.3, -0.25) is 24.1 Å². The summed E-state index contributed by atoms with van der Waals surface area (Å²) >= 11 is 0. The topological polar surface area (TPSA) is 92.8 Å². The van der Waals surface area contributed by atoms with Crippen LogP contribution in [0.15, 0.2) is 42.5 Å². The fourth-order valence-electron chi connectivity index (χ4n) is 2.92. The van der Waals surface area contributed by atoms with E-state index in [1.54, 1.807) is 24.3 Å². The van der Waals surface area contributed by atoms with Gasteiger partial charge in [0.15, 0.2) is 6.10 Å². The molecule has 3 rings (SSSR count). The highest BCUT2D eigenvalue weighted by Crippen LogP contribution is 2.24. The number of imide groups is 1. The van der Waals surface area contributed by atoms with E-state index < -0.39 is 35.6 Å². The number of esters is 1. The summed E-state index contributed by atoms with van der Waals surface area (Å²) in [6.07, 6.45) is -1.44. The van der Waals surface area contributed by atoms with Gasteiger partial charge >= 0.3 is 5.97 Å². The van der Waals surface area contributed by atoms with Crippen LogP contribution in [-0.4, -0.2) is 41.2 Å². The van der Waals surface area contributed by atoms with E-state index in [0.717, 1.165) is 10.5 Å². The Hall–Kier alpha value is -3.55. The maximum Gasteiger partial charge on any atom is 0.308 e. The van der Waals surface area contributed by atoms with Crippen molar-refractivity contribution >= 4 is 29.4 Å². The van der Waals surface area contributed by atoms with Crippen molar-refractivity contribution in [1.29, 1.82) is 0 Å². The molecular formula is C21H19FN2O5. The van der Waals surface area contributed by atoms with Gasteiger partial charge in [-0.15, -0.1) is 0 Å². The zero-order chi connectivity index (χ0) is 21.1. The van der Waals surface area contributed by atoms with Crippen LogP contribution >= 0.6 is 0 Å². The maximum absolute atomic E-state index is 13.6. The molecule has 1 heterocycles. The summed E-state index contributed by atoms with van der Waals surface area (Å²) < 4.78 is 18.6. The standard InChI is InChI=1S/C21H19FN2O5/c1-12-7-8-14-15(11-12)21(28)24(20(14)27)10-9-18(25)29-13(2)19(26)23-17-6-4-3-5-16(17)22/h3-8,11,13H,9-10H2,1-2H3,(H,23,26). The smallest absolute Gasteiger partial charge is 0.308 e. The molecule has 150 valence electrons. The molecular weight excluding hydrogens is 379 g/mol. The Balaban J connectivity index is 1.53. The molecule has 1 aliphatic heterocycles. The number of nitrogens with zero attached hydrogens (tertiary/aromatic N) is 1. The number of fused-ring (bicyclic) bond motifs is 1. The van der Waals surface area contributed by atoms with E-state index in [0.29, 0.717) is 11.1 Å². The van der Waals surface area contributed by atoms with Gasteiger partial charge in [0.05, 0.1) is 23.2 Å². The fourth-order valence-corrected chi connectivity index (χ4v) is 2.92. The minimum atomic E-state index is -1.17. The van der Waals surface area contributed by atoms with Crippen molar-refractivity contribution in [2.75, 3.05) is 11.9 Å². The summed E-state index contributed by atoms with van der Waals surface area (Å²) in [4.78, 5) is 49.8. The normalized spacial score (nSPS) is 13.8. The van der Waals surface area contributed by atoms with Crippen molar-refractivity contribution in [2.45, 2.75) is 26.4 Å². The molecule has 1 unspecified atom stereocenters. The number of ether oxygens (including phenoxy) is 1. The van der Waals surface area contributed by atoms with Gasteiger partial charge in [0.25, 0.3) is 17.7 Å². The number of carbonyl (C=O) groups excluding carboxylic acids is 4. The van der Waals surface area contributed by atoms with Crippen LogP contribution in [0.5, 0.6) is 0 Å². The van der Waals surface area contributed by atoms with E-state index in [1.165, 1.54) is 25.1 Å². The summed E-state index contributed by atoms with van der Waals surface area (Å²) in [7, 11) is 0. The van der Waals surface area contributed by atoms with Crippen LogP contribution in [0.25, 0.3) is 0 Å². The fraction of sp³-hybridized carbons (Fsp3) is 0.238. The van der Waals surface area contributed by atoms with Crippen molar-refractivity contribution in [1.82, 2.24) is 4.90 Å². The zero-order valence-corrected chi connectivity index (χ0v) is 15.9. The molecule has 2 aromatic carbocycles. The number of carbonyl (C=O) groups is 4. The highest BCUT2D eigenvalue weighted by atomic mass is 19.1. The number of rotatable bonds is 6. The van der Waals surface area contributed by atoms with Gasteiger partial charge in [-0.1, -0.05) is 23.8 Å². The van der Waals surface area contributed by atoms with Gasteiger partial charge in [0, 0.05) is 6.54 Å². The van der Waals surface area contributed by atoms with Gasteiger partial charge in [0.2, 0.25) is 0 Å². The predicted molar refractivity (Wildman–Crippen MR) is 102 cm³/mol. The molecule has 29 heavy (non-hydrogen) atoms. The lowest BCUT2D eigenvalue weighted by Gasteiger charge is -2.16. The third-order valence-electron chi connectivity index (χ3n) is 4.47. The Morgan fingerprint density at radius 1 is 1.10 bits per heavy atom. The van der Waals surface area contributed by atoms with Gasteiger partial charge < -0.3 is 10.1 Å². The summed E-state index contributed by atoms with van der Waals surface area (Å²) in [6, 6.07) is 10.6. The third kappa shape index (κ3) is 4.31. The van der Waals surface area contributed by atoms with Crippen molar-refractivity contribution in [3.8, 4) is 0 Å². The maximum atomic E-state index is 13.6. The molecule has 1 aliphatic rings. The molecule has 0 saturated heterocycles. The molecule has 7 nitrogen and oxygen atoms in total. The quantitative estimate of drug-likeness (QED) is 0.597. The van der Waals surface area contributed by atoms with Crippen LogP contribution < -0.4 is 5.32 Å². The lowest BCUT2D eigenvalue weighted by molar-refractivity contribution is -0.153. The lowest BCUT2D eigenvalue weighted by Crippen LogP contribution is -2.34. The second-order valence-electron chi connectivity index (χ2n) is 6.66. The summed E-state index contributed by atoms with van der Waals surface area (Å²) in [5.74, 6) is -3.00. The number of benzene rings is 2. The molecule has 0 fully saturated rings. The first-order chi connectivity index (χ1) is 13.8. The molecule has 2 aromatic rings. The summed E-state index contributed by atoms with van der Waals surface area (Å²) in [5, 5.41) is 2.33. The Bertz CT molecular complexity index is 1000. The first-order valence-corrected chi connectivity index (χ1v) is 8.99. The molecule has 1 atom stereocenters. The Morgan fingerprint density at radius 2 is 1.79 bits per heavy atom. The summed E-state index contributed by atoms with van der Waals surface area (Å²) in [6.45, 7) is 3.00. The Labute approximate surface area is 166 Å². The zero-order valence-electron chi connectivity index (χ0n) is 15.9. The van der Waals surface area contributed by atoms with Crippen LogP contribution in [0.2, 0.25) is 0 Å². The monoisotopic (exact) mass is 398 g/mol. The Morgan fingerprint density at radius 3 is 2.52 bits per heavy atom. The third-order valence-corrected chi connectivity index (χ3v) is 4.47. The van der Waals surface area contributed by atoms with E-state index in [2.05, 4.69) is 5.32 Å². The molecule has 1 N–H and O–H groups in total. The molecule has 0 spiro atoms. The molecule has 0 bridgehead atoms. The van der Waals surface area contributed by atoms with Crippen LogP contribution in [0.3, 0.4) is 0 Å². The average molecular weight is 398 g/mol. The molecule has 0 saturated carbocycles. The van der Waals surface area contributed by atoms with Crippen LogP contribution in [0.1, 0.15) is 39.6 Å². The number of para-hydroxylation sites is 1. The van der Waals surface area contributed by atoms with Gasteiger partial charge in [-0.05, 0) is 38.1 Å². The molecule has 0 radical (unpaired) electrons. The molecule has 0 aromatic heterocycles. The summed E-state index contributed by atoms with van der Waals surface area (Å²) in [5.41, 5.74) is 1.43. The molecule has 3 amide bonds. The van der Waals surface area contributed by atoms with Crippen LogP contribution in [-0.2, 0) is 14.3 Å². The SMILES string of the molecule is Cc1ccc2c(c1)C(=O)N(CCC(=O)OC(C)C(=O)Nc1ccccc1F)C2=O. The van der Waals surface area contributed by atoms with Crippen LogP contribution in [0.4, 0.5) is 10.1 Å². The van der Waals surface area contributed by atoms with Gasteiger partial charge in [-0.2, -0.15) is 0 Å². The van der Waals surface area contributed by atoms with Crippen molar-refractivity contribution in [2.24, 2.45) is 0 Å². The number of anilines is 1. The van der Waals surface area contributed by atoms with E-state index in [9.17, 15) is 23.6 Å². The van der Waals surface area contributed by atoms with Crippen molar-refractivity contribution in [3.05, 3.63) is 65.0 Å². The van der Waals surface area contributed by atoms with Crippen molar-refractivity contribution in [3.63, 3.8) is 0 Å². The largest absolute Gasteiger partial charge is 0.452 e. The molecule has 8 heteroatoms. The highest BCUT2D eigenvalue weighted by Gasteiger charge is 2.35. The van der Waals surface area contributed by atoms with Gasteiger partial charge in [-0.25, -0.2) is 4.39 Å². The number of amides is 3. The average Bonchev–Trinajstić information content (AvgIpc) is 2.91. The van der Waals surface area contributed by atoms with E-state index in [4.69, 9.17) is 4.74 Å². The first-order valence-electron chi connectivity index (χ1n) is 8.99. The highest BCUT2D eigenvalue weighted by molar-refractivity contribution is 6.21. The number of aryl methyl sites for hydroxylation is 1. The number of hydrogen-bond acceptors (Lipinski definition) is 5.